The van der Waals surface area contributed by atoms with E-state index in [0.717, 1.165) is 49.7 Å². The van der Waals surface area contributed by atoms with Crippen molar-refractivity contribution in [3.63, 3.8) is 0 Å². The van der Waals surface area contributed by atoms with Gasteiger partial charge in [-0.25, -0.2) is 14.6 Å². The monoisotopic (exact) mass is 1020 g/mol. The van der Waals surface area contributed by atoms with Crippen LogP contribution in [0.15, 0.2) is 127 Å². The highest BCUT2D eigenvalue weighted by atomic mass is 16.6. The maximum absolute atomic E-state index is 15.7. The highest BCUT2D eigenvalue weighted by Crippen LogP contribution is 2.54. The van der Waals surface area contributed by atoms with E-state index in [0.29, 0.717) is 90.4 Å². The van der Waals surface area contributed by atoms with Crippen LogP contribution >= 0.6 is 0 Å². The predicted octanol–water partition coefficient (Wildman–Crippen LogP) is 16.4. The average molecular weight is 1020 g/mol. The van der Waals surface area contributed by atoms with Crippen LogP contribution in [0.25, 0.3) is 54.2 Å². The van der Waals surface area contributed by atoms with Gasteiger partial charge in [0.05, 0.1) is 16.9 Å². The van der Waals surface area contributed by atoms with Crippen molar-refractivity contribution < 1.29 is 33.4 Å². The molecule has 0 aromatic heterocycles. The molecular formula is C67H63N3O7. The lowest BCUT2D eigenvalue weighted by Gasteiger charge is -2.34. The normalized spacial score (nSPS) is 13.8. The number of carbonyl (C=O) groups is 5. The highest BCUT2D eigenvalue weighted by Gasteiger charge is 2.42. The quantitative estimate of drug-likeness (QED) is 0.0734. The molecule has 0 spiro atoms. The Morgan fingerprint density at radius 2 is 0.935 bits per heavy atom. The van der Waals surface area contributed by atoms with Gasteiger partial charge in [0.25, 0.3) is 23.6 Å². The molecular weight excluding hydrogens is 959 g/mol. The molecule has 0 saturated heterocycles. The summed E-state index contributed by atoms with van der Waals surface area (Å²) in [5.41, 5.74) is 8.26. The maximum atomic E-state index is 15.7. The van der Waals surface area contributed by atoms with Gasteiger partial charge < -0.3 is 14.8 Å². The second-order valence-corrected chi connectivity index (χ2v) is 22.8. The Kier molecular flexibility index (Phi) is 12.5. The number of amides is 5. The molecule has 0 aliphatic carbocycles. The van der Waals surface area contributed by atoms with Crippen molar-refractivity contribution in [3.05, 3.63) is 177 Å². The third-order valence-corrected chi connectivity index (χ3v) is 15.3. The van der Waals surface area contributed by atoms with Gasteiger partial charge in [0.15, 0.2) is 0 Å². The topological polar surface area (TPSA) is 122 Å². The van der Waals surface area contributed by atoms with E-state index in [-0.39, 0.29) is 23.7 Å². The second kappa shape index (κ2) is 19.0. The molecule has 0 bridgehead atoms. The van der Waals surface area contributed by atoms with E-state index in [1.807, 2.05) is 142 Å². The first-order valence-corrected chi connectivity index (χ1v) is 26.9. The van der Waals surface area contributed by atoms with Gasteiger partial charge in [-0.15, -0.1) is 0 Å². The van der Waals surface area contributed by atoms with Crippen molar-refractivity contribution >= 4 is 84.2 Å². The zero-order valence-electron chi connectivity index (χ0n) is 45.6. The molecule has 77 heavy (non-hydrogen) atoms. The van der Waals surface area contributed by atoms with Crippen molar-refractivity contribution in [2.24, 2.45) is 0 Å². The Hall–Kier alpha value is -8.37. The van der Waals surface area contributed by atoms with Crippen LogP contribution in [0.4, 0.5) is 16.2 Å². The molecule has 0 saturated carbocycles. The van der Waals surface area contributed by atoms with E-state index in [9.17, 15) is 4.79 Å². The van der Waals surface area contributed by atoms with Crippen molar-refractivity contribution in [3.8, 4) is 22.6 Å². The lowest BCUT2D eigenvalue weighted by molar-refractivity contribution is 0.0527. The number of hydrogen-bond donors (Lipinski definition) is 1. The summed E-state index contributed by atoms with van der Waals surface area (Å²) in [6.07, 6.45) is 0.0489. The number of para-hydroxylation sites is 2. The van der Waals surface area contributed by atoms with Gasteiger partial charge in [-0.3, -0.25) is 19.2 Å². The molecule has 10 heteroatoms. The number of fused-ring (bicyclic) bond motifs is 2. The molecule has 0 atom stereocenters. The van der Waals surface area contributed by atoms with Gasteiger partial charge in [0.1, 0.15) is 17.1 Å². The zero-order chi connectivity index (χ0) is 54.5. The number of imide groups is 2. The number of ether oxygens (including phenoxy) is 2. The number of anilines is 2. The third-order valence-electron chi connectivity index (χ3n) is 15.3. The molecule has 9 aromatic carbocycles. The summed E-state index contributed by atoms with van der Waals surface area (Å²) in [6.45, 7) is 22.4. The van der Waals surface area contributed by atoms with Crippen LogP contribution < -0.4 is 19.9 Å². The zero-order valence-corrected chi connectivity index (χ0v) is 45.6. The van der Waals surface area contributed by atoms with Crippen molar-refractivity contribution in [1.82, 2.24) is 5.32 Å². The Morgan fingerprint density at radius 1 is 0.481 bits per heavy atom. The van der Waals surface area contributed by atoms with Crippen molar-refractivity contribution in [1.29, 1.82) is 0 Å². The number of carbonyl (C=O) groups excluding carboxylic acids is 5. The van der Waals surface area contributed by atoms with Crippen LogP contribution in [0.3, 0.4) is 0 Å². The lowest BCUT2D eigenvalue weighted by atomic mass is 9.79. The number of benzene rings is 9. The van der Waals surface area contributed by atoms with E-state index in [1.54, 1.807) is 6.07 Å². The number of hydrogen-bond acceptors (Lipinski definition) is 7. The largest absolute Gasteiger partial charge is 0.457 e. The average Bonchev–Trinajstić information content (AvgIpc) is 3.44. The maximum Gasteiger partial charge on any atom is 0.407 e. The van der Waals surface area contributed by atoms with Gasteiger partial charge in [0, 0.05) is 44.8 Å². The first kappa shape index (κ1) is 50.8. The van der Waals surface area contributed by atoms with Crippen LogP contribution in [0.1, 0.15) is 169 Å². The van der Waals surface area contributed by atoms with Gasteiger partial charge in [-0.2, -0.15) is 0 Å². The molecule has 5 amide bonds. The van der Waals surface area contributed by atoms with Crippen LogP contribution in [0, 0.1) is 0 Å². The molecule has 0 fully saturated rings. The Balaban J connectivity index is 1.19. The number of alkyl carbamates (subject to hydrolysis) is 1. The second-order valence-electron chi connectivity index (χ2n) is 22.8. The molecule has 0 radical (unpaired) electrons. The first-order valence-electron chi connectivity index (χ1n) is 26.9. The van der Waals surface area contributed by atoms with Gasteiger partial charge in [-0.1, -0.05) is 146 Å². The summed E-state index contributed by atoms with van der Waals surface area (Å²) in [4.78, 5) is 77.5. The predicted molar refractivity (Wildman–Crippen MR) is 309 cm³/mol. The lowest BCUT2D eigenvalue weighted by Crippen LogP contribution is -2.42. The minimum Gasteiger partial charge on any atom is -0.457 e. The summed E-state index contributed by atoms with van der Waals surface area (Å²) in [5.74, 6) is -0.812. The Bertz CT molecular complexity index is 3890. The van der Waals surface area contributed by atoms with Crippen molar-refractivity contribution in [2.75, 3.05) is 16.3 Å². The van der Waals surface area contributed by atoms with Crippen LogP contribution in [-0.4, -0.2) is 41.9 Å². The molecule has 2 heterocycles. The molecule has 388 valence electrons. The standard InChI is InChI=1S/C67H63N3O7/c1-35(2)42-19-15-20-43(36(3)4)60(42)69-62(71)48-30-28-47-57-53(76-41-25-23-39(24-26-41)31-32-68-66(75)77-67(9,10)11)34-52-56-49(63(72)70(65(52)74)61-44(37(5)6)21-16-22-45(61)38(7)8)29-27-46(59(56)57)54-50(40-17-13-12-14-18-40)33-51(64(69)73)55(48)58(47)54/h12-30,33-38H,31-32H2,1-11H3,(H,68,75). The molecule has 2 aliphatic rings. The third kappa shape index (κ3) is 8.36. The summed E-state index contributed by atoms with van der Waals surface area (Å²) >= 11 is 0. The number of rotatable bonds is 12. The molecule has 1 N–H and O–H groups in total. The van der Waals surface area contributed by atoms with Crippen molar-refractivity contribution in [2.45, 2.75) is 112 Å². The molecule has 2 aliphatic heterocycles. The van der Waals surface area contributed by atoms with E-state index < -0.39 is 35.3 Å². The summed E-state index contributed by atoms with van der Waals surface area (Å²) < 4.78 is 12.5. The summed E-state index contributed by atoms with van der Waals surface area (Å²) in [7, 11) is 0. The Labute approximate surface area is 449 Å². The summed E-state index contributed by atoms with van der Waals surface area (Å²) in [6, 6.07) is 40.8. The van der Waals surface area contributed by atoms with Gasteiger partial charge >= 0.3 is 6.09 Å². The van der Waals surface area contributed by atoms with Crippen LogP contribution in [0.2, 0.25) is 0 Å². The first-order chi connectivity index (χ1) is 36.7. The minimum atomic E-state index is -0.619. The fourth-order valence-electron chi connectivity index (χ4n) is 11.8. The molecule has 10 nitrogen and oxygen atoms in total. The van der Waals surface area contributed by atoms with E-state index in [1.165, 1.54) is 9.80 Å². The van der Waals surface area contributed by atoms with Gasteiger partial charge in [0.2, 0.25) is 0 Å². The fourth-order valence-corrected chi connectivity index (χ4v) is 11.8. The molecule has 11 rings (SSSR count). The smallest absolute Gasteiger partial charge is 0.407 e. The Morgan fingerprint density at radius 3 is 1.42 bits per heavy atom. The SMILES string of the molecule is CC(C)c1cccc(C(C)C)c1N1C(=O)c2ccc3c4c(-c5ccccc5)cc5c6c(ccc(c7c(Oc8ccc(CCNC(=O)OC(C)(C)C)cc8)cc(c2c37)C1=O)c64)C(=O)N(c1c(C(C)C)cccc1C(C)C)C5=O. The highest BCUT2D eigenvalue weighted by molar-refractivity contribution is 6.47. The fraction of sp³-hybridized carbons (Fsp3) is 0.269. The summed E-state index contributed by atoms with van der Waals surface area (Å²) in [5, 5.41) is 8.11. The van der Waals surface area contributed by atoms with E-state index >= 15 is 19.2 Å². The molecule has 0 unspecified atom stereocenters. The minimum absolute atomic E-state index is 0.000841. The molecule has 9 aromatic rings. The van der Waals surface area contributed by atoms with Crippen LogP contribution in [0.5, 0.6) is 11.5 Å². The van der Waals surface area contributed by atoms with E-state index in [4.69, 9.17) is 9.47 Å². The van der Waals surface area contributed by atoms with Crippen LogP contribution in [-0.2, 0) is 11.2 Å². The number of nitrogens with zero attached hydrogens (tertiary/aromatic N) is 2. The number of nitrogens with one attached hydrogen (secondary N) is 1. The van der Waals surface area contributed by atoms with E-state index in [2.05, 4.69) is 60.7 Å². The van der Waals surface area contributed by atoms with Gasteiger partial charge in [-0.05, 0) is 148 Å².